The fraction of sp³-hybridized carbons (Fsp3) is 0.455. The Kier molecular flexibility index (Phi) is 2.32. The van der Waals surface area contributed by atoms with Crippen LogP contribution in [0.3, 0.4) is 0 Å². The second-order valence-corrected chi connectivity index (χ2v) is 3.84. The summed E-state index contributed by atoms with van der Waals surface area (Å²) in [5, 5.41) is 3.30. The number of rotatable bonds is 0. The van der Waals surface area contributed by atoms with Crippen LogP contribution in [-0.4, -0.2) is 19.6 Å². The van der Waals surface area contributed by atoms with Crippen molar-refractivity contribution < 1.29 is 4.39 Å². The van der Waals surface area contributed by atoms with Gasteiger partial charge in [-0.15, -0.1) is 0 Å². The molecule has 1 aliphatic heterocycles. The van der Waals surface area contributed by atoms with E-state index in [0.717, 1.165) is 24.3 Å². The third-order valence-corrected chi connectivity index (χ3v) is 2.88. The number of anilines is 2. The average Bonchev–Trinajstić information content (AvgIpc) is 2.30. The standard InChI is InChI=1S/C11H15FN2/c1-8-5-6-13-10-4-3-9(12)7-11(10)14(8)2/h3-4,7-8,13H,5-6H2,1-2H3. The first-order chi connectivity index (χ1) is 6.68. The monoisotopic (exact) mass is 194 g/mol. The average molecular weight is 194 g/mol. The number of hydrogen-bond donors (Lipinski definition) is 1. The largest absolute Gasteiger partial charge is 0.383 e. The van der Waals surface area contributed by atoms with Crippen molar-refractivity contribution in [2.24, 2.45) is 0 Å². The molecule has 0 bridgehead atoms. The maximum atomic E-state index is 13.1. The molecule has 1 aromatic rings. The Labute approximate surface area is 83.7 Å². The molecule has 1 heterocycles. The first kappa shape index (κ1) is 9.31. The summed E-state index contributed by atoms with van der Waals surface area (Å²) in [4.78, 5) is 2.12. The molecule has 0 saturated heterocycles. The van der Waals surface area contributed by atoms with Gasteiger partial charge in [0.1, 0.15) is 5.82 Å². The van der Waals surface area contributed by atoms with Gasteiger partial charge in [0, 0.05) is 19.6 Å². The zero-order valence-corrected chi connectivity index (χ0v) is 8.55. The summed E-state index contributed by atoms with van der Waals surface area (Å²) in [5.41, 5.74) is 1.98. The first-order valence-electron chi connectivity index (χ1n) is 4.95. The van der Waals surface area contributed by atoms with Gasteiger partial charge in [0.2, 0.25) is 0 Å². The summed E-state index contributed by atoms with van der Waals surface area (Å²) in [6, 6.07) is 5.34. The van der Waals surface area contributed by atoms with Crippen molar-refractivity contribution in [2.75, 3.05) is 23.8 Å². The van der Waals surface area contributed by atoms with Crippen molar-refractivity contribution in [1.82, 2.24) is 0 Å². The molecule has 0 aromatic heterocycles. The smallest absolute Gasteiger partial charge is 0.125 e. The Bertz CT molecular complexity index is 338. The third kappa shape index (κ3) is 1.54. The highest BCUT2D eigenvalue weighted by atomic mass is 19.1. The maximum Gasteiger partial charge on any atom is 0.125 e. The van der Waals surface area contributed by atoms with E-state index in [4.69, 9.17) is 0 Å². The summed E-state index contributed by atoms with van der Waals surface area (Å²) in [5.74, 6) is -0.175. The molecule has 14 heavy (non-hydrogen) atoms. The SMILES string of the molecule is CC1CCNc2ccc(F)cc2N1C. The van der Waals surface area contributed by atoms with Crippen molar-refractivity contribution in [1.29, 1.82) is 0 Å². The molecule has 0 saturated carbocycles. The predicted molar refractivity (Wildman–Crippen MR) is 57.4 cm³/mol. The van der Waals surface area contributed by atoms with Crippen LogP contribution in [0, 0.1) is 5.82 Å². The highest BCUT2D eigenvalue weighted by Gasteiger charge is 2.17. The molecule has 3 heteroatoms. The van der Waals surface area contributed by atoms with Crippen molar-refractivity contribution in [3.63, 3.8) is 0 Å². The Balaban J connectivity index is 2.44. The molecule has 2 rings (SSSR count). The quantitative estimate of drug-likeness (QED) is 0.682. The van der Waals surface area contributed by atoms with E-state index in [-0.39, 0.29) is 5.82 Å². The van der Waals surface area contributed by atoms with E-state index in [0.29, 0.717) is 6.04 Å². The highest BCUT2D eigenvalue weighted by Crippen LogP contribution is 2.30. The van der Waals surface area contributed by atoms with Crippen LogP contribution in [0.5, 0.6) is 0 Å². The number of benzene rings is 1. The summed E-state index contributed by atoms with van der Waals surface area (Å²) < 4.78 is 13.1. The molecule has 0 fully saturated rings. The van der Waals surface area contributed by atoms with E-state index >= 15 is 0 Å². The lowest BCUT2D eigenvalue weighted by Crippen LogP contribution is -2.28. The molecule has 2 nitrogen and oxygen atoms in total. The molecule has 76 valence electrons. The van der Waals surface area contributed by atoms with Crippen molar-refractivity contribution >= 4 is 11.4 Å². The topological polar surface area (TPSA) is 15.3 Å². The van der Waals surface area contributed by atoms with Crippen molar-refractivity contribution in [2.45, 2.75) is 19.4 Å². The minimum Gasteiger partial charge on any atom is -0.383 e. The molecule has 1 aromatic carbocycles. The minimum atomic E-state index is -0.175. The van der Waals surface area contributed by atoms with Gasteiger partial charge in [-0.05, 0) is 31.5 Å². The third-order valence-electron chi connectivity index (χ3n) is 2.88. The fourth-order valence-electron chi connectivity index (χ4n) is 1.79. The van der Waals surface area contributed by atoms with Gasteiger partial charge in [0.15, 0.2) is 0 Å². The Hall–Kier alpha value is -1.25. The van der Waals surface area contributed by atoms with Crippen LogP contribution in [0.2, 0.25) is 0 Å². The Morgan fingerprint density at radius 2 is 2.29 bits per heavy atom. The first-order valence-corrected chi connectivity index (χ1v) is 4.95. The molecule has 0 aliphatic carbocycles. The van der Waals surface area contributed by atoms with Crippen LogP contribution in [0.25, 0.3) is 0 Å². The van der Waals surface area contributed by atoms with Crippen molar-refractivity contribution in [3.05, 3.63) is 24.0 Å². The Morgan fingerprint density at radius 1 is 1.50 bits per heavy atom. The molecular formula is C11H15FN2. The van der Waals surface area contributed by atoms with Gasteiger partial charge in [-0.2, -0.15) is 0 Å². The van der Waals surface area contributed by atoms with Gasteiger partial charge in [-0.3, -0.25) is 0 Å². The molecule has 1 N–H and O–H groups in total. The van der Waals surface area contributed by atoms with Crippen LogP contribution >= 0.6 is 0 Å². The molecule has 1 unspecified atom stereocenters. The van der Waals surface area contributed by atoms with E-state index in [1.807, 2.05) is 7.05 Å². The molecule has 0 radical (unpaired) electrons. The van der Waals surface area contributed by atoms with Gasteiger partial charge < -0.3 is 10.2 Å². The number of nitrogens with one attached hydrogen (secondary N) is 1. The van der Waals surface area contributed by atoms with Gasteiger partial charge >= 0.3 is 0 Å². The van der Waals surface area contributed by atoms with E-state index in [2.05, 4.69) is 17.1 Å². The van der Waals surface area contributed by atoms with Crippen LogP contribution < -0.4 is 10.2 Å². The summed E-state index contributed by atoms with van der Waals surface area (Å²) in [7, 11) is 2.01. The number of nitrogens with zero attached hydrogens (tertiary/aromatic N) is 1. The molecule has 0 spiro atoms. The zero-order chi connectivity index (χ0) is 10.1. The summed E-state index contributed by atoms with van der Waals surface area (Å²) in [6.07, 6.45) is 1.08. The normalized spacial score (nSPS) is 21.1. The molecular weight excluding hydrogens is 179 g/mol. The molecule has 0 amide bonds. The van der Waals surface area contributed by atoms with Crippen molar-refractivity contribution in [3.8, 4) is 0 Å². The zero-order valence-electron chi connectivity index (χ0n) is 8.55. The molecule has 1 aliphatic rings. The number of fused-ring (bicyclic) bond motifs is 1. The lowest BCUT2D eigenvalue weighted by Gasteiger charge is -2.25. The van der Waals surface area contributed by atoms with E-state index in [1.54, 1.807) is 12.1 Å². The fourth-order valence-corrected chi connectivity index (χ4v) is 1.79. The van der Waals surface area contributed by atoms with Gasteiger partial charge in [-0.1, -0.05) is 0 Å². The van der Waals surface area contributed by atoms with Crippen LogP contribution in [0.15, 0.2) is 18.2 Å². The van der Waals surface area contributed by atoms with Gasteiger partial charge in [0.25, 0.3) is 0 Å². The highest BCUT2D eigenvalue weighted by molar-refractivity contribution is 5.70. The predicted octanol–water partition coefficient (Wildman–Crippen LogP) is 2.47. The minimum absolute atomic E-state index is 0.175. The van der Waals surface area contributed by atoms with Crippen LogP contribution in [0.1, 0.15) is 13.3 Å². The summed E-state index contributed by atoms with van der Waals surface area (Å²) >= 11 is 0. The lowest BCUT2D eigenvalue weighted by molar-refractivity contribution is 0.623. The Morgan fingerprint density at radius 3 is 3.07 bits per heavy atom. The van der Waals surface area contributed by atoms with E-state index in [1.165, 1.54) is 6.07 Å². The van der Waals surface area contributed by atoms with Gasteiger partial charge in [0.05, 0.1) is 11.4 Å². The summed E-state index contributed by atoms with van der Waals surface area (Å²) in [6.45, 7) is 3.10. The molecule has 1 atom stereocenters. The van der Waals surface area contributed by atoms with Crippen LogP contribution in [0.4, 0.5) is 15.8 Å². The van der Waals surface area contributed by atoms with E-state index in [9.17, 15) is 4.39 Å². The second kappa shape index (κ2) is 3.48. The number of halogens is 1. The lowest BCUT2D eigenvalue weighted by atomic mass is 10.2. The van der Waals surface area contributed by atoms with E-state index < -0.39 is 0 Å². The van der Waals surface area contributed by atoms with Crippen LogP contribution in [-0.2, 0) is 0 Å². The number of hydrogen-bond acceptors (Lipinski definition) is 2. The second-order valence-electron chi connectivity index (χ2n) is 3.84. The van der Waals surface area contributed by atoms with Gasteiger partial charge in [-0.25, -0.2) is 4.39 Å². The maximum absolute atomic E-state index is 13.1.